The first kappa shape index (κ1) is 42.6. The Balaban J connectivity index is 2.07. The number of carbonyl (C=O) groups excluding carboxylic acids is 5. The number of nitrogens with one attached hydrogen (secondary N) is 1. The van der Waals surface area contributed by atoms with Gasteiger partial charge in [0.15, 0.2) is 11.5 Å². The summed E-state index contributed by atoms with van der Waals surface area (Å²) in [6.07, 6.45) is 0.0247. The van der Waals surface area contributed by atoms with Gasteiger partial charge >= 0.3 is 11.9 Å². The molecule has 5 rings (SSSR count). The van der Waals surface area contributed by atoms with Crippen molar-refractivity contribution >= 4 is 40.7 Å². The van der Waals surface area contributed by atoms with Crippen LogP contribution in [-0.4, -0.2) is 92.8 Å². The van der Waals surface area contributed by atoms with Crippen molar-refractivity contribution in [1.82, 2.24) is 0 Å². The lowest BCUT2D eigenvalue weighted by molar-refractivity contribution is -0.166. The molecule has 1 amide bonds. The molecule has 1 aromatic carbocycles. The Bertz CT molecular complexity index is 1960. The quantitative estimate of drug-likeness (QED) is 0.144. The summed E-state index contributed by atoms with van der Waals surface area (Å²) in [6, 6.07) is 0. The molecule has 4 aliphatic rings. The van der Waals surface area contributed by atoms with Crippen molar-refractivity contribution in [3.05, 3.63) is 69.2 Å². The van der Waals surface area contributed by atoms with E-state index < -0.39 is 89.5 Å². The highest BCUT2D eigenvalue weighted by molar-refractivity contribution is 6.21. The number of rotatable bonds is 2. The van der Waals surface area contributed by atoms with Crippen LogP contribution in [0.3, 0.4) is 0 Å². The van der Waals surface area contributed by atoms with Crippen LogP contribution >= 0.6 is 0 Å². The van der Waals surface area contributed by atoms with Crippen LogP contribution in [0.1, 0.15) is 76.9 Å². The fourth-order valence-electron chi connectivity index (χ4n) is 7.13. The Morgan fingerprint density at radius 2 is 1.56 bits per heavy atom. The maximum absolute atomic E-state index is 14.0. The second-order valence-electron chi connectivity index (χ2n) is 14.5. The Morgan fingerprint density at radius 1 is 0.945 bits per heavy atom. The van der Waals surface area contributed by atoms with Crippen molar-refractivity contribution in [2.75, 3.05) is 19.2 Å². The smallest absolute Gasteiger partial charge is 0.313 e. The zero-order valence-electron chi connectivity index (χ0n) is 32.5. The summed E-state index contributed by atoms with van der Waals surface area (Å²) in [5, 5.41) is 60.4. The van der Waals surface area contributed by atoms with Crippen LogP contribution in [0, 0.1) is 30.6 Å². The molecule has 3 aliphatic heterocycles. The molecule has 15 heteroatoms. The third kappa shape index (κ3) is 8.01. The molecule has 0 saturated heterocycles. The van der Waals surface area contributed by atoms with Crippen molar-refractivity contribution < 1.29 is 68.5 Å². The van der Waals surface area contributed by atoms with Crippen LogP contribution in [0.25, 0.3) is 5.57 Å². The number of Topliss-reactive ketones (excluding diaryl/α,β-unsaturated/α-hetero) is 2. The number of hydrogen-bond acceptors (Lipinski definition) is 14. The van der Waals surface area contributed by atoms with E-state index in [1.54, 1.807) is 0 Å². The molecule has 55 heavy (non-hydrogen) atoms. The Hall–Kier alpha value is -5.09. The normalized spacial score (nSPS) is 29.5. The number of methoxy groups -OCH3 is 1. The van der Waals surface area contributed by atoms with Gasteiger partial charge in [0, 0.05) is 47.0 Å². The topological polar surface area (TPSA) is 235 Å². The second-order valence-corrected chi connectivity index (χ2v) is 14.5. The molecule has 0 radical (unpaired) electrons. The van der Waals surface area contributed by atoms with Crippen molar-refractivity contribution in [2.45, 2.75) is 86.2 Å². The average molecular weight is 768 g/mol. The van der Waals surface area contributed by atoms with Gasteiger partial charge in [-0.1, -0.05) is 39.0 Å². The summed E-state index contributed by atoms with van der Waals surface area (Å²) < 4.78 is 22.2. The highest BCUT2D eigenvalue weighted by Crippen LogP contribution is 2.53. The molecule has 0 saturated carbocycles. The number of ketones is 2. The minimum Gasteiger partial charge on any atom is -0.505 e. The Labute approximate surface area is 318 Å². The van der Waals surface area contributed by atoms with Crippen molar-refractivity contribution in [1.29, 1.82) is 0 Å². The number of hydrogen-bond donors (Lipinski definition) is 6. The molecule has 6 N–H and O–H groups in total. The summed E-state index contributed by atoms with van der Waals surface area (Å²) in [7, 11) is 1.04. The van der Waals surface area contributed by atoms with E-state index >= 15 is 0 Å². The van der Waals surface area contributed by atoms with Gasteiger partial charge < -0.3 is 49.8 Å². The lowest BCUT2D eigenvalue weighted by Crippen LogP contribution is -2.52. The largest absolute Gasteiger partial charge is 0.505 e. The summed E-state index contributed by atoms with van der Waals surface area (Å²) in [5.41, 5.74) is -2.46. The molecule has 1 aliphatic carbocycles. The number of fused-ring (bicyclic) bond motifs is 14. The van der Waals surface area contributed by atoms with Gasteiger partial charge in [0.25, 0.3) is 5.91 Å². The lowest BCUT2D eigenvalue weighted by Gasteiger charge is -2.38. The van der Waals surface area contributed by atoms with E-state index in [9.17, 15) is 49.5 Å². The minimum atomic E-state index is -2.19. The van der Waals surface area contributed by atoms with Gasteiger partial charge in [-0.05, 0) is 46.3 Å². The summed E-state index contributed by atoms with van der Waals surface area (Å²) in [6.45, 7) is 12.0. The van der Waals surface area contributed by atoms with E-state index in [1.807, 2.05) is 0 Å². The van der Waals surface area contributed by atoms with E-state index in [1.165, 1.54) is 79.7 Å². The molecule has 1 aromatic rings. The number of esters is 2. The van der Waals surface area contributed by atoms with Crippen molar-refractivity contribution in [2.24, 2.45) is 23.7 Å². The molecule has 8 atom stereocenters. The lowest BCUT2D eigenvalue weighted by atomic mass is 9.75. The molecule has 0 fully saturated rings. The van der Waals surface area contributed by atoms with Crippen molar-refractivity contribution in [3.63, 3.8) is 0 Å². The predicted molar refractivity (Wildman–Crippen MR) is 197 cm³/mol. The number of anilines is 1. The van der Waals surface area contributed by atoms with Gasteiger partial charge in [-0.3, -0.25) is 24.0 Å². The first-order valence-corrected chi connectivity index (χ1v) is 17.7. The third-order valence-corrected chi connectivity index (χ3v) is 10.4. The number of carbonyl (C=O) groups is 5. The highest BCUT2D eigenvalue weighted by atomic mass is 16.7. The fourth-order valence-corrected chi connectivity index (χ4v) is 7.13. The number of benzene rings is 1. The molecular formula is C40H49NO14. The van der Waals surface area contributed by atoms with Crippen LogP contribution in [0.15, 0.2) is 52.5 Å². The number of amides is 1. The van der Waals surface area contributed by atoms with Gasteiger partial charge in [-0.15, -0.1) is 0 Å². The number of aliphatic hydroxyl groups excluding tert-OH is 3. The maximum Gasteiger partial charge on any atom is 0.313 e. The zero-order chi connectivity index (χ0) is 41.4. The zero-order valence-corrected chi connectivity index (χ0v) is 32.5. The van der Waals surface area contributed by atoms with E-state index in [0.29, 0.717) is 0 Å². The van der Waals surface area contributed by atoms with E-state index in [0.717, 1.165) is 14.0 Å². The van der Waals surface area contributed by atoms with Crippen molar-refractivity contribution in [3.8, 4) is 11.5 Å². The molecule has 4 bridgehead atoms. The summed E-state index contributed by atoms with van der Waals surface area (Å²) >= 11 is 0. The van der Waals surface area contributed by atoms with Gasteiger partial charge in [0.05, 0.1) is 42.2 Å². The van der Waals surface area contributed by atoms with E-state index in [4.69, 9.17) is 18.9 Å². The third-order valence-electron chi connectivity index (χ3n) is 10.4. The van der Waals surface area contributed by atoms with E-state index in [-0.39, 0.29) is 61.9 Å². The SMILES string of the molecule is COC(=O)[C@H]1[C@@H](O)[C@H](C)[C@@H](O)[C@@](C)(O)C=C(C)C2=C3C(=C(C)C(=O)c4c(O)c(c(C)c(OC(C)=O)c43)NC(=O)C(C)=CC=C[C@@H](C)C(=O)[C@@H](C)[C@H]1O)OCO2. The number of phenols is 1. The molecule has 15 nitrogen and oxygen atoms in total. The number of phenolic OH excluding ortho intramolecular Hbond substituents is 1. The standard InChI is InChI=1S/C40H49NO14/c1-16-12-11-13-17(2)38(49)41-28-19(4)36(55-23(8)42)24-25(33(28)47)31(45)21(6)35-26(24)34(53-15-54-35)18(3)14-40(9,51)37(48)22(7)32(46)27(39(50)52-10)30(44)20(5)29(16)43/h11-14,16,20,22,27,30,32,37,44,46-48,51H,15H2,1-10H3,(H,41,49)/t16-,20-,22+,27-,30-,32+,37-,40+/m1/s1. The fraction of sp³-hybridized carbons (Fsp3) is 0.475. The molecule has 3 heterocycles. The second kappa shape index (κ2) is 16.3. The number of ether oxygens (including phenoxy) is 4. The molecule has 0 unspecified atom stereocenters. The molecule has 0 aromatic heterocycles. The average Bonchev–Trinajstić information content (AvgIpc) is 3.13. The first-order valence-electron chi connectivity index (χ1n) is 17.7. The number of aliphatic hydroxyl groups is 4. The summed E-state index contributed by atoms with van der Waals surface area (Å²) in [5.74, 6) is -9.80. The van der Waals surface area contributed by atoms with E-state index in [2.05, 4.69) is 5.32 Å². The molecule has 298 valence electrons. The minimum absolute atomic E-state index is 0.00714. The predicted octanol–water partition coefficient (Wildman–Crippen LogP) is 3.31. The molecule has 0 spiro atoms. The highest BCUT2D eigenvalue weighted by Gasteiger charge is 2.47. The monoisotopic (exact) mass is 767 g/mol. The van der Waals surface area contributed by atoms with Crippen LogP contribution in [-0.2, 0) is 33.4 Å². The van der Waals surface area contributed by atoms with Gasteiger partial charge in [-0.25, -0.2) is 0 Å². The van der Waals surface area contributed by atoms with Gasteiger partial charge in [0.2, 0.25) is 6.79 Å². The van der Waals surface area contributed by atoms with Crippen LogP contribution in [0.2, 0.25) is 0 Å². The van der Waals surface area contributed by atoms with Crippen LogP contribution in [0.4, 0.5) is 5.69 Å². The Morgan fingerprint density at radius 3 is 2.16 bits per heavy atom. The molecular weight excluding hydrogens is 718 g/mol. The first-order chi connectivity index (χ1) is 25.6. The summed E-state index contributed by atoms with van der Waals surface area (Å²) in [4.78, 5) is 66.4. The van der Waals surface area contributed by atoms with Crippen LogP contribution in [0.5, 0.6) is 11.5 Å². The van der Waals surface area contributed by atoms with Gasteiger partial charge in [-0.2, -0.15) is 0 Å². The van der Waals surface area contributed by atoms with Gasteiger partial charge in [0.1, 0.15) is 34.6 Å². The Kier molecular flexibility index (Phi) is 12.7. The van der Waals surface area contributed by atoms with Crippen LogP contribution < -0.4 is 10.1 Å². The number of allylic oxidation sites excluding steroid dienone is 6. The maximum atomic E-state index is 14.0. The number of aromatic hydroxyl groups is 1.